The summed E-state index contributed by atoms with van der Waals surface area (Å²) in [6.45, 7) is 20.4. The van der Waals surface area contributed by atoms with Crippen molar-refractivity contribution in [2.24, 2.45) is 78.8 Å². The topological polar surface area (TPSA) is 87.2 Å². The van der Waals surface area contributed by atoms with Gasteiger partial charge in [-0.1, -0.05) is 48.5 Å². The molecule has 1 amide bonds. The summed E-state index contributed by atoms with van der Waals surface area (Å²) in [6, 6.07) is 0.277. The summed E-state index contributed by atoms with van der Waals surface area (Å²) in [7, 11) is 0. The molecular formula is C49H75FN2O5. The van der Waals surface area contributed by atoms with Crippen LogP contribution in [0.25, 0.3) is 0 Å². The highest BCUT2D eigenvalue weighted by molar-refractivity contribution is 5.84. The van der Waals surface area contributed by atoms with Crippen molar-refractivity contribution in [3.63, 3.8) is 0 Å². The number of hydrogen-bond donors (Lipinski definition) is 1. The molecule has 14 atom stereocenters. The molecule has 8 heteroatoms. The molecule has 1 spiro atoms. The zero-order valence-corrected chi connectivity index (χ0v) is 36.6. The molecule has 57 heavy (non-hydrogen) atoms. The number of rotatable bonds is 7. The van der Waals surface area contributed by atoms with Crippen molar-refractivity contribution < 1.29 is 28.6 Å². The average Bonchev–Trinajstić information content (AvgIpc) is 3.90. The molecule has 1 N–H and O–H groups in total. The lowest BCUT2D eigenvalue weighted by Gasteiger charge is -2.72. The van der Waals surface area contributed by atoms with Gasteiger partial charge in [-0.2, -0.15) is 0 Å². The van der Waals surface area contributed by atoms with Gasteiger partial charge in [-0.25, -0.2) is 4.39 Å². The monoisotopic (exact) mass is 791 g/mol. The molecule has 8 saturated carbocycles. The molecule has 0 aromatic heterocycles. The maximum Gasteiger partial charge on any atom is 0.309 e. The molecule has 7 nitrogen and oxygen atoms in total. The van der Waals surface area contributed by atoms with E-state index in [9.17, 15) is 19.1 Å². The number of alkyl halides is 1. The second-order valence-corrected chi connectivity index (χ2v) is 24.4. The predicted octanol–water partition coefficient (Wildman–Crippen LogP) is 9.71. The SMILES string of the molecule is CC1([C@@H]2CC[C@]3(C(=O)N4CCC[C@H]4CN4CCC(F)CC4)CC[C@]4(C)[C@H](CC[C@@H]5[C@@]6(C)CC[C@H](OC(=O)[C@H]7C[C@@H](C(=O)O)C7(C)C)C7(C)C[C@]76CC[C@]54C)[C@@H]23)CC1. The molecule has 0 aromatic carbocycles. The number of piperidine rings is 1. The maximum atomic E-state index is 15.5. The normalized spacial score (nSPS) is 52.0. The van der Waals surface area contributed by atoms with E-state index in [1.54, 1.807) is 0 Å². The van der Waals surface area contributed by atoms with Gasteiger partial charge in [0.15, 0.2) is 0 Å². The predicted molar refractivity (Wildman–Crippen MR) is 218 cm³/mol. The first-order chi connectivity index (χ1) is 26.8. The summed E-state index contributed by atoms with van der Waals surface area (Å²) < 4.78 is 20.6. The first kappa shape index (κ1) is 39.4. The van der Waals surface area contributed by atoms with E-state index in [0.29, 0.717) is 54.3 Å². The number of esters is 1. The second-order valence-electron chi connectivity index (χ2n) is 24.4. The quantitative estimate of drug-likeness (QED) is 0.259. The van der Waals surface area contributed by atoms with Gasteiger partial charge in [0.25, 0.3) is 0 Å². The zero-order chi connectivity index (χ0) is 40.3. The van der Waals surface area contributed by atoms with Gasteiger partial charge in [-0.3, -0.25) is 14.4 Å². The Labute approximate surface area is 342 Å². The molecule has 1 unspecified atom stereocenters. The minimum absolute atomic E-state index is 0.0197. The number of likely N-dealkylation sites (tertiary alicyclic amines) is 2. The summed E-state index contributed by atoms with van der Waals surface area (Å²) in [4.78, 5) is 45.9. The van der Waals surface area contributed by atoms with Gasteiger partial charge in [0.2, 0.25) is 5.91 Å². The van der Waals surface area contributed by atoms with Gasteiger partial charge >= 0.3 is 11.9 Å². The first-order valence-corrected chi connectivity index (χ1v) is 23.9. The van der Waals surface area contributed by atoms with Crippen molar-refractivity contribution >= 4 is 17.8 Å². The third kappa shape index (κ3) is 5.06. The molecule has 0 radical (unpaired) electrons. The molecular weight excluding hydrogens is 716 g/mol. The fourth-order valence-corrected chi connectivity index (χ4v) is 18.2. The highest BCUT2D eigenvalue weighted by atomic mass is 19.1. The third-order valence-corrected chi connectivity index (χ3v) is 22.5. The van der Waals surface area contributed by atoms with Crippen LogP contribution < -0.4 is 0 Å². The van der Waals surface area contributed by atoms with Crippen LogP contribution in [0.2, 0.25) is 0 Å². The molecule has 10 aliphatic rings. The Kier molecular flexibility index (Phi) is 8.62. The number of aliphatic carboxylic acids is 1. The van der Waals surface area contributed by atoms with Crippen molar-refractivity contribution in [1.82, 2.24) is 9.80 Å². The van der Waals surface area contributed by atoms with Gasteiger partial charge in [0, 0.05) is 37.6 Å². The van der Waals surface area contributed by atoms with E-state index in [1.165, 1.54) is 44.9 Å². The number of ether oxygens (including phenoxy) is 1. The minimum Gasteiger partial charge on any atom is -0.481 e. The number of carboxylic acid groups (broad SMARTS) is 1. The fourth-order valence-electron chi connectivity index (χ4n) is 18.2. The first-order valence-electron chi connectivity index (χ1n) is 23.9. The Morgan fingerprint density at radius 2 is 1.42 bits per heavy atom. The molecule has 2 saturated heterocycles. The molecule has 0 bridgehead atoms. The smallest absolute Gasteiger partial charge is 0.309 e. The van der Waals surface area contributed by atoms with Crippen molar-refractivity contribution in [1.29, 1.82) is 0 Å². The van der Waals surface area contributed by atoms with Crippen LogP contribution in [0.5, 0.6) is 0 Å². The third-order valence-electron chi connectivity index (χ3n) is 22.5. The number of nitrogens with zero attached hydrogens (tertiary/aromatic N) is 2. The van der Waals surface area contributed by atoms with Crippen LogP contribution in [0.1, 0.15) is 164 Å². The maximum absolute atomic E-state index is 15.5. The summed E-state index contributed by atoms with van der Waals surface area (Å²) in [5.41, 5.74) is 0.342. The molecule has 318 valence electrons. The lowest BCUT2D eigenvalue weighted by atomic mass is 9.32. The van der Waals surface area contributed by atoms with Crippen molar-refractivity contribution in [2.45, 2.75) is 182 Å². The fraction of sp³-hybridized carbons (Fsp3) is 0.939. The number of fused-ring (bicyclic) bond motifs is 6. The Bertz CT molecular complexity index is 1700. The van der Waals surface area contributed by atoms with Crippen molar-refractivity contribution in [3.05, 3.63) is 0 Å². The molecule has 10 fully saturated rings. The highest BCUT2D eigenvalue weighted by Gasteiger charge is 2.83. The lowest BCUT2D eigenvalue weighted by molar-refractivity contribution is -0.243. The van der Waals surface area contributed by atoms with Crippen LogP contribution in [-0.2, 0) is 19.1 Å². The standard InChI is InChI=1S/C49H75FN2O5/c1-42(2)34(39(53)54)27-35(42)40(55)57-37-13-16-46(6)36-11-10-33-38-32(43(3)18-19-43)12-17-48(38,22-20-44(33,4)45(36,5)21-23-49(46)29-47(37,49)7)41(56)52-24-8-9-31(52)28-51-25-14-30(50)15-26-51/h30-38H,8-29H2,1-7H3,(H,53,54)/t31-,32+,33+,34-,35+,36-,37-,38+,44+,45+,46+,47?,48-,49-/m0/s1. The van der Waals surface area contributed by atoms with Crippen LogP contribution in [0.15, 0.2) is 0 Å². The van der Waals surface area contributed by atoms with Gasteiger partial charge < -0.3 is 19.6 Å². The van der Waals surface area contributed by atoms with Crippen molar-refractivity contribution in [2.75, 3.05) is 26.2 Å². The summed E-state index contributed by atoms with van der Waals surface area (Å²) >= 11 is 0. The van der Waals surface area contributed by atoms with Gasteiger partial charge in [0.05, 0.1) is 17.3 Å². The lowest BCUT2D eigenvalue weighted by Crippen LogP contribution is -2.67. The average molecular weight is 791 g/mol. The number of carbonyl (C=O) groups is 3. The summed E-state index contributed by atoms with van der Waals surface area (Å²) in [5.74, 6) is 1.03. The van der Waals surface area contributed by atoms with Crippen LogP contribution in [0, 0.1) is 78.8 Å². The molecule has 10 rings (SSSR count). The molecule has 8 aliphatic carbocycles. The van der Waals surface area contributed by atoms with E-state index in [-0.39, 0.29) is 56.5 Å². The molecule has 2 heterocycles. The zero-order valence-electron chi connectivity index (χ0n) is 36.6. The number of carboxylic acids is 1. The number of amides is 1. The minimum atomic E-state index is -0.803. The van der Waals surface area contributed by atoms with Crippen LogP contribution in [0.3, 0.4) is 0 Å². The van der Waals surface area contributed by atoms with E-state index >= 15 is 4.79 Å². The second kappa shape index (κ2) is 12.5. The van der Waals surface area contributed by atoms with E-state index in [0.717, 1.165) is 77.5 Å². The summed E-state index contributed by atoms with van der Waals surface area (Å²) in [5, 5.41) is 9.71. The van der Waals surface area contributed by atoms with Gasteiger partial charge in [-0.15, -0.1) is 0 Å². The van der Waals surface area contributed by atoms with E-state index in [4.69, 9.17) is 4.74 Å². The highest BCUT2D eigenvalue weighted by Crippen LogP contribution is 2.88. The van der Waals surface area contributed by atoms with Gasteiger partial charge in [0.1, 0.15) is 12.3 Å². The van der Waals surface area contributed by atoms with Gasteiger partial charge in [-0.05, 0) is 172 Å². The number of carbonyl (C=O) groups excluding carboxylic acids is 2. The molecule has 2 aliphatic heterocycles. The largest absolute Gasteiger partial charge is 0.481 e. The van der Waals surface area contributed by atoms with Crippen molar-refractivity contribution in [3.8, 4) is 0 Å². The Balaban J connectivity index is 0.904. The number of halogens is 1. The molecule has 0 aromatic rings. The Morgan fingerprint density at radius 1 is 0.702 bits per heavy atom. The number of hydrogen-bond acceptors (Lipinski definition) is 5. The van der Waals surface area contributed by atoms with E-state index < -0.39 is 23.5 Å². The Morgan fingerprint density at radius 3 is 2.11 bits per heavy atom. The summed E-state index contributed by atoms with van der Waals surface area (Å²) in [6.07, 6.45) is 18.3. The van der Waals surface area contributed by atoms with Crippen LogP contribution >= 0.6 is 0 Å². The van der Waals surface area contributed by atoms with Crippen LogP contribution in [0.4, 0.5) is 4.39 Å². The van der Waals surface area contributed by atoms with E-state index in [1.807, 2.05) is 13.8 Å². The van der Waals surface area contributed by atoms with E-state index in [2.05, 4.69) is 44.4 Å². The Hall–Kier alpha value is -1.70. The van der Waals surface area contributed by atoms with Crippen LogP contribution in [-0.4, -0.2) is 77.2 Å².